The first-order valence-electron chi connectivity index (χ1n) is 8.86. The number of hydrogen-bond acceptors (Lipinski definition) is 8. The predicted molar refractivity (Wildman–Crippen MR) is 109 cm³/mol. The van der Waals surface area contributed by atoms with Crippen LogP contribution in [-0.4, -0.2) is 27.5 Å². The van der Waals surface area contributed by atoms with Gasteiger partial charge in [0.25, 0.3) is 0 Å². The number of nitro groups is 1. The number of anilines is 4. The second kappa shape index (κ2) is 8.79. The van der Waals surface area contributed by atoms with E-state index < -0.39 is 10.9 Å². The molecule has 1 heterocycles. The van der Waals surface area contributed by atoms with Gasteiger partial charge in [0.2, 0.25) is 11.6 Å². The molecule has 0 unspecified atom stereocenters. The number of rotatable bonds is 7. The normalized spacial score (nSPS) is 10.3. The molecule has 148 valence electrons. The number of nitrogens with zero attached hydrogens (tertiary/aromatic N) is 3. The van der Waals surface area contributed by atoms with Crippen molar-refractivity contribution in [3.63, 3.8) is 0 Å². The van der Waals surface area contributed by atoms with Crippen molar-refractivity contribution in [3.8, 4) is 0 Å². The number of para-hydroxylation sites is 1. The molecule has 2 aromatic carbocycles. The number of aryl methyl sites for hydroxylation is 1. The van der Waals surface area contributed by atoms with Crippen LogP contribution in [0, 0.1) is 17.0 Å². The quantitative estimate of drug-likeness (QED) is 0.345. The zero-order valence-electron chi connectivity index (χ0n) is 15.9. The highest BCUT2D eigenvalue weighted by molar-refractivity contribution is 5.91. The lowest BCUT2D eigenvalue weighted by molar-refractivity contribution is -0.383. The van der Waals surface area contributed by atoms with Gasteiger partial charge in [0.05, 0.1) is 17.1 Å². The molecule has 0 amide bonds. The van der Waals surface area contributed by atoms with Gasteiger partial charge in [0.1, 0.15) is 6.33 Å². The minimum atomic E-state index is -0.557. The van der Waals surface area contributed by atoms with Crippen molar-refractivity contribution in [3.05, 3.63) is 76.1 Å². The van der Waals surface area contributed by atoms with Gasteiger partial charge < -0.3 is 15.4 Å². The fraction of sp³-hybridized carbons (Fsp3) is 0.150. The van der Waals surface area contributed by atoms with Crippen LogP contribution in [0.1, 0.15) is 22.8 Å². The molecule has 3 rings (SSSR count). The van der Waals surface area contributed by atoms with Gasteiger partial charge in [-0.25, -0.2) is 14.8 Å². The summed E-state index contributed by atoms with van der Waals surface area (Å²) in [6.07, 6.45) is 1.23. The molecule has 9 nitrogen and oxygen atoms in total. The van der Waals surface area contributed by atoms with Crippen LogP contribution >= 0.6 is 0 Å². The molecule has 0 aliphatic heterocycles. The van der Waals surface area contributed by atoms with Crippen molar-refractivity contribution in [2.75, 3.05) is 17.2 Å². The monoisotopic (exact) mass is 393 g/mol. The highest BCUT2D eigenvalue weighted by Gasteiger charge is 2.24. The molecule has 0 saturated heterocycles. The molecular weight excluding hydrogens is 374 g/mol. The van der Waals surface area contributed by atoms with Gasteiger partial charge in [0, 0.05) is 11.4 Å². The number of hydrogen-bond donors (Lipinski definition) is 2. The molecule has 1 aromatic heterocycles. The molecular formula is C20H19N5O4. The van der Waals surface area contributed by atoms with Crippen LogP contribution in [0.3, 0.4) is 0 Å². The third-order valence-electron chi connectivity index (χ3n) is 4.04. The summed E-state index contributed by atoms with van der Waals surface area (Å²) in [6, 6.07) is 13.8. The molecule has 0 saturated carbocycles. The number of carbonyl (C=O) groups is 1. The third-order valence-corrected chi connectivity index (χ3v) is 4.04. The summed E-state index contributed by atoms with van der Waals surface area (Å²) in [4.78, 5) is 31.1. The largest absolute Gasteiger partial charge is 0.462 e. The van der Waals surface area contributed by atoms with Crippen LogP contribution in [0.4, 0.5) is 28.7 Å². The maximum atomic E-state index is 11.9. The second-order valence-corrected chi connectivity index (χ2v) is 6.04. The smallest absolute Gasteiger partial charge is 0.353 e. The Kier molecular flexibility index (Phi) is 5.98. The average molecular weight is 393 g/mol. The van der Waals surface area contributed by atoms with E-state index in [4.69, 9.17) is 4.74 Å². The maximum Gasteiger partial charge on any atom is 0.353 e. The maximum absolute atomic E-state index is 11.9. The minimum Gasteiger partial charge on any atom is -0.462 e. The van der Waals surface area contributed by atoms with Crippen LogP contribution < -0.4 is 10.6 Å². The third kappa shape index (κ3) is 4.64. The molecule has 2 N–H and O–H groups in total. The Hall–Kier alpha value is -4.01. The van der Waals surface area contributed by atoms with E-state index in [-0.39, 0.29) is 23.9 Å². The van der Waals surface area contributed by atoms with E-state index in [9.17, 15) is 14.9 Å². The SMILES string of the molecule is CCOC(=O)c1cccc(Nc2ncnc(Nc3ccccc3C)c2[N+](=O)[O-])c1. The first kappa shape index (κ1) is 19.7. The molecule has 0 aliphatic rings. The number of carbonyl (C=O) groups excluding carboxylic acids is 1. The van der Waals surface area contributed by atoms with Gasteiger partial charge in [-0.05, 0) is 43.7 Å². The highest BCUT2D eigenvalue weighted by Crippen LogP contribution is 2.33. The van der Waals surface area contributed by atoms with E-state index in [0.717, 1.165) is 5.56 Å². The standard InChI is InChI=1S/C20H19N5O4/c1-3-29-20(26)14-8-6-9-15(11-14)23-18-17(25(27)28)19(22-12-21-18)24-16-10-5-4-7-13(16)2/h4-12H,3H2,1-2H3,(H2,21,22,23,24). The molecule has 0 spiro atoms. The van der Waals surface area contributed by atoms with E-state index in [1.165, 1.54) is 12.4 Å². The van der Waals surface area contributed by atoms with E-state index in [1.807, 2.05) is 25.1 Å². The lowest BCUT2D eigenvalue weighted by Crippen LogP contribution is -2.07. The number of benzene rings is 2. The molecule has 0 bridgehead atoms. The zero-order chi connectivity index (χ0) is 20.8. The Morgan fingerprint density at radius 1 is 1.10 bits per heavy atom. The average Bonchev–Trinajstić information content (AvgIpc) is 2.70. The fourth-order valence-electron chi connectivity index (χ4n) is 2.65. The Morgan fingerprint density at radius 3 is 2.52 bits per heavy atom. The van der Waals surface area contributed by atoms with E-state index in [1.54, 1.807) is 31.2 Å². The van der Waals surface area contributed by atoms with Crippen LogP contribution in [0.15, 0.2) is 54.9 Å². The predicted octanol–water partition coefficient (Wildman–Crippen LogP) is 4.36. The van der Waals surface area contributed by atoms with Crippen molar-refractivity contribution < 1.29 is 14.5 Å². The summed E-state index contributed by atoms with van der Waals surface area (Å²) < 4.78 is 4.98. The van der Waals surface area contributed by atoms with Crippen molar-refractivity contribution in [1.82, 2.24) is 9.97 Å². The molecule has 0 fully saturated rings. The molecule has 0 atom stereocenters. The van der Waals surface area contributed by atoms with Crippen molar-refractivity contribution in [2.45, 2.75) is 13.8 Å². The van der Waals surface area contributed by atoms with Crippen LogP contribution in [0.25, 0.3) is 0 Å². The molecule has 3 aromatic rings. The lowest BCUT2D eigenvalue weighted by Gasteiger charge is -2.12. The van der Waals surface area contributed by atoms with Crippen molar-refractivity contribution >= 4 is 34.7 Å². The molecule has 0 aliphatic carbocycles. The summed E-state index contributed by atoms with van der Waals surface area (Å²) in [6.45, 7) is 3.85. The van der Waals surface area contributed by atoms with Gasteiger partial charge in [-0.2, -0.15) is 0 Å². The number of ether oxygens (including phenoxy) is 1. The summed E-state index contributed by atoms with van der Waals surface area (Å²) >= 11 is 0. The van der Waals surface area contributed by atoms with Crippen LogP contribution in [0.2, 0.25) is 0 Å². The lowest BCUT2D eigenvalue weighted by atomic mass is 10.2. The summed E-state index contributed by atoms with van der Waals surface area (Å²) in [5.41, 5.74) is 2.09. The highest BCUT2D eigenvalue weighted by atomic mass is 16.6. The fourth-order valence-corrected chi connectivity index (χ4v) is 2.65. The van der Waals surface area contributed by atoms with Gasteiger partial charge in [-0.3, -0.25) is 10.1 Å². The Morgan fingerprint density at radius 2 is 1.83 bits per heavy atom. The Balaban J connectivity index is 1.94. The topological polar surface area (TPSA) is 119 Å². The molecule has 9 heteroatoms. The number of nitrogens with one attached hydrogen (secondary N) is 2. The summed E-state index contributed by atoms with van der Waals surface area (Å²) in [5.74, 6) is -0.416. The van der Waals surface area contributed by atoms with E-state index in [0.29, 0.717) is 16.9 Å². The van der Waals surface area contributed by atoms with E-state index in [2.05, 4.69) is 20.6 Å². The summed E-state index contributed by atoms with van der Waals surface area (Å²) in [7, 11) is 0. The minimum absolute atomic E-state index is 0.00194. The number of esters is 1. The zero-order valence-corrected chi connectivity index (χ0v) is 15.9. The van der Waals surface area contributed by atoms with Gasteiger partial charge in [-0.15, -0.1) is 0 Å². The van der Waals surface area contributed by atoms with Crippen LogP contribution in [-0.2, 0) is 4.74 Å². The van der Waals surface area contributed by atoms with Gasteiger partial charge in [-0.1, -0.05) is 24.3 Å². The Labute approximate surface area is 166 Å². The Bertz CT molecular complexity index is 1050. The van der Waals surface area contributed by atoms with Crippen LogP contribution in [0.5, 0.6) is 0 Å². The molecule has 29 heavy (non-hydrogen) atoms. The van der Waals surface area contributed by atoms with Crippen molar-refractivity contribution in [1.29, 1.82) is 0 Å². The van der Waals surface area contributed by atoms with Gasteiger partial charge in [0.15, 0.2) is 0 Å². The second-order valence-electron chi connectivity index (χ2n) is 6.04. The van der Waals surface area contributed by atoms with Gasteiger partial charge >= 0.3 is 11.7 Å². The van der Waals surface area contributed by atoms with Crippen molar-refractivity contribution in [2.24, 2.45) is 0 Å². The first-order valence-corrected chi connectivity index (χ1v) is 8.86. The summed E-state index contributed by atoms with van der Waals surface area (Å²) in [5, 5.41) is 17.6. The van der Waals surface area contributed by atoms with E-state index >= 15 is 0 Å². The molecule has 0 radical (unpaired) electrons. The number of aromatic nitrogens is 2. The first-order chi connectivity index (χ1) is 14.0.